The smallest absolute Gasteiger partial charge is 0.224 e. The fourth-order valence-corrected chi connectivity index (χ4v) is 2.09. The molecule has 3 atom stereocenters. The molecular formula is C8H11ClO3. The zero-order chi connectivity index (χ0) is 8.55. The van der Waals surface area contributed by atoms with Crippen LogP contribution < -0.4 is 0 Å². The summed E-state index contributed by atoms with van der Waals surface area (Å²) >= 11 is 5.41. The number of hydrogen-bond donors (Lipinski definition) is 0. The summed E-state index contributed by atoms with van der Waals surface area (Å²) in [5.41, 5.74) is 0. The lowest BCUT2D eigenvalue weighted by Crippen LogP contribution is -2.33. The number of rotatable bonds is 1. The van der Waals surface area contributed by atoms with Crippen LogP contribution in [-0.2, 0) is 14.3 Å². The average Bonchev–Trinajstić information content (AvgIpc) is 2.49. The van der Waals surface area contributed by atoms with Crippen molar-refractivity contribution < 1.29 is 14.3 Å². The van der Waals surface area contributed by atoms with Crippen LogP contribution in [0.3, 0.4) is 0 Å². The number of ether oxygens (including phenoxy) is 2. The maximum Gasteiger partial charge on any atom is 0.224 e. The summed E-state index contributed by atoms with van der Waals surface area (Å²) in [6.45, 7) is 0.374. The molecule has 3 unspecified atom stereocenters. The largest absolute Gasteiger partial charge is 0.349 e. The first kappa shape index (κ1) is 8.48. The number of fused-ring (bicyclic) bond motifs is 1. The van der Waals surface area contributed by atoms with Gasteiger partial charge in [0.25, 0.3) is 0 Å². The predicted octanol–water partition coefficient (Wildman–Crippen LogP) is 1.29. The average molecular weight is 191 g/mol. The van der Waals surface area contributed by atoms with Crippen LogP contribution in [0.5, 0.6) is 0 Å². The van der Waals surface area contributed by atoms with Crippen LogP contribution in [0.15, 0.2) is 0 Å². The van der Waals surface area contributed by atoms with Gasteiger partial charge in [-0.15, -0.1) is 0 Å². The second-order valence-corrected chi connectivity index (χ2v) is 3.71. The van der Waals surface area contributed by atoms with E-state index in [2.05, 4.69) is 0 Å². The second kappa shape index (κ2) is 3.32. The topological polar surface area (TPSA) is 35.5 Å². The maximum atomic E-state index is 10.9. The molecule has 0 bridgehead atoms. The van der Waals surface area contributed by atoms with E-state index in [0.717, 1.165) is 19.3 Å². The van der Waals surface area contributed by atoms with Crippen molar-refractivity contribution in [3.05, 3.63) is 0 Å². The molecule has 0 radical (unpaired) electrons. The van der Waals surface area contributed by atoms with E-state index in [-0.39, 0.29) is 23.4 Å². The van der Waals surface area contributed by atoms with Crippen LogP contribution in [0, 0.1) is 5.92 Å². The van der Waals surface area contributed by atoms with Gasteiger partial charge in [-0.25, -0.2) is 0 Å². The minimum Gasteiger partial charge on any atom is -0.349 e. The molecule has 0 amide bonds. The molecule has 0 aromatic carbocycles. The molecule has 1 heterocycles. The van der Waals surface area contributed by atoms with Crippen LogP contribution in [0.1, 0.15) is 19.3 Å². The standard InChI is InChI=1S/C8H11ClO3/c9-8(10)5-1-2-6-7(3-5)12-4-11-6/h5-7H,1-4H2. The minimum absolute atomic E-state index is 0.0189. The summed E-state index contributed by atoms with van der Waals surface area (Å²) in [7, 11) is 0. The highest BCUT2D eigenvalue weighted by Crippen LogP contribution is 2.32. The van der Waals surface area contributed by atoms with Crippen molar-refractivity contribution >= 4 is 16.8 Å². The van der Waals surface area contributed by atoms with Crippen LogP contribution >= 0.6 is 11.6 Å². The van der Waals surface area contributed by atoms with E-state index in [1.54, 1.807) is 0 Å². The maximum absolute atomic E-state index is 10.9. The lowest BCUT2D eigenvalue weighted by molar-refractivity contribution is -0.117. The molecule has 1 saturated carbocycles. The molecule has 3 nitrogen and oxygen atoms in total. The van der Waals surface area contributed by atoms with Crippen LogP contribution in [0.2, 0.25) is 0 Å². The molecule has 1 saturated heterocycles. The lowest BCUT2D eigenvalue weighted by Gasteiger charge is -2.26. The highest BCUT2D eigenvalue weighted by molar-refractivity contribution is 6.63. The van der Waals surface area contributed by atoms with Gasteiger partial charge >= 0.3 is 0 Å². The normalized spacial score (nSPS) is 40.9. The van der Waals surface area contributed by atoms with Crippen molar-refractivity contribution in [3.8, 4) is 0 Å². The van der Waals surface area contributed by atoms with Gasteiger partial charge in [-0.3, -0.25) is 4.79 Å². The van der Waals surface area contributed by atoms with Crippen molar-refractivity contribution in [1.29, 1.82) is 0 Å². The third-order valence-corrected chi connectivity index (χ3v) is 2.92. The summed E-state index contributed by atoms with van der Waals surface area (Å²) < 4.78 is 10.6. The van der Waals surface area contributed by atoms with Gasteiger partial charge < -0.3 is 9.47 Å². The molecule has 68 valence electrons. The SMILES string of the molecule is O=C(Cl)C1CCC2OCOC2C1. The van der Waals surface area contributed by atoms with Gasteiger partial charge in [0.05, 0.1) is 12.2 Å². The van der Waals surface area contributed by atoms with Crippen molar-refractivity contribution in [2.75, 3.05) is 6.79 Å². The molecule has 0 aromatic rings. The van der Waals surface area contributed by atoms with Gasteiger partial charge in [0.15, 0.2) is 0 Å². The first-order valence-corrected chi connectivity index (χ1v) is 4.57. The number of halogens is 1. The van der Waals surface area contributed by atoms with Crippen LogP contribution in [-0.4, -0.2) is 24.2 Å². The highest BCUT2D eigenvalue weighted by Gasteiger charge is 2.37. The zero-order valence-corrected chi connectivity index (χ0v) is 7.42. The van der Waals surface area contributed by atoms with Gasteiger partial charge in [0.1, 0.15) is 6.79 Å². The highest BCUT2D eigenvalue weighted by atomic mass is 35.5. The molecule has 2 aliphatic rings. The van der Waals surface area contributed by atoms with E-state index in [0.29, 0.717) is 6.79 Å². The Labute approximate surface area is 76.0 Å². The Hall–Kier alpha value is -0.120. The fraction of sp³-hybridized carbons (Fsp3) is 0.875. The summed E-state index contributed by atoms with van der Waals surface area (Å²) in [4.78, 5) is 10.9. The number of hydrogen-bond acceptors (Lipinski definition) is 3. The lowest BCUT2D eigenvalue weighted by atomic mass is 9.86. The van der Waals surface area contributed by atoms with E-state index < -0.39 is 0 Å². The van der Waals surface area contributed by atoms with Gasteiger partial charge in [-0.1, -0.05) is 0 Å². The molecule has 0 spiro atoms. The molecular weight excluding hydrogens is 180 g/mol. The van der Waals surface area contributed by atoms with Crippen molar-refractivity contribution in [1.82, 2.24) is 0 Å². The minimum atomic E-state index is -0.232. The van der Waals surface area contributed by atoms with E-state index in [9.17, 15) is 4.79 Å². The Kier molecular flexibility index (Phi) is 2.35. The third-order valence-electron chi connectivity index (χ3n) is 2.62. The molecule has 1 aliphatic heterocycles. The fourth-order valence-electron chi connectivity index (χ4n) is 1.89. The Morgan fingerprint density at radius 3 is 2.75 bits per heavy atom. The molecule has 0 N–H and O–H groups in total. The van der Waals surface area contributed by atoms with Crippen LogP contribution in [0.25, 0.3) is 0 Å². The summed E-state index contributed by atoms with van der Waals surface area (Å²) in [6.07, 6.45) is 2.77. The summed E-state index contributed by atoms with van der Waals surface area (Å²) in [6, 6.07) is 0. The molecule has 0 aromatic heterocycles. The number of carbonyl (C=O) groups is 1. The van der Waals surface area contributed by atoms with Crippen molar-refractivity contribution in [3.63, 3.8) is 0 Å². The third kappa shape index (κ3) is 1.49. The van der Waals surface area contributed by atoms with E-state index in [1.165, 1.54) is 0 Å². The van der Waals surface area contributed by atoms with Gasteiger partial charge in [0.2, 0.25) is 5.24 Å². The molecule has 1 aliphatic carbocycles. The van der Waals surface area contributed by atoms with Gasteiger partial charge in [-0.2, -0.15) is 0 Å². The Bertz CT molecular complexity index is 195. The quantitative estimate of drug-likeness (QED) is 0.585. The molecule has 4 heteroatoms. The van der Waals surface area contributed by atoms with Crippen LogP contribution in [0.4, 0.5) is 0 Å². The number of carbonyl (C=O) groups excluding carboxylic acids is 1. The summed E-state index contributed by atoms with van der Waals surface area (Å²) in [5.74, 6) is -0.0189. The Morgan fingerprint density at radius 1 is 1.25 bits per heavy atom. The summed E-state index contributed by atoms with van der Waals surface area (Å²) in [5, 5.41) is -0.232. The molecule has 2 fully saturated rings. The van der Waals surface area contributed by atoms with E-state index >= 15 is 0 Å². The van der Waals surface area contributed by atoms with Gasteiger partial charge in [0, 0.05) is 5.92 Å². The first-order chi connectivity index (χ1) is 5.77. The Morgan fingerprint density at radius 2 is 2.00 bits per heavy atom. The van der Waals surface area contributed by atoms with E-state index in [1.807, 2.05) is 0 Å². The molecule has 2 rings (SSSR count). The predicted molar refractivity (Wildman–Crippen MR) is 42.8 cm³/mol. The monoisotopic (exact) mass is 190 g/mol. The van der Waals surface area contributed by atoms with Crippen molar-refractivity contribution in [2.45, 2.75) is 31.5 Å². The zero-order valence-electron chi connectivity index (χ0n) is 6.66. The Balaban J connectivity index is 1.96. The first-order valence-electron chi connectivity index (χ1n) is 4.20. The van der Waals surface area contributed by atoms with Crippen molar-refractivity contribution in [2.24, 2.45) is 5.92 Å². The second-order valence-electron chi connectivity index (χ2n) is 3.34. The van der Waals surface area contributed by atoms with Gasteiger partial charge in [-0.05, 0) is 30.9 Å². The van der Waals surface area contributed by atoms with E-state index in [4.69, 9.17) is 21.1 Å². The molecule has 12 heavy (non-hydrogen) atoms.